The summed E-state index contributed by atoms with van der Waals surface area (Å²) in [6.45, 7) is 5.84. The zero-order valence-corrected chi connectivity index (χ0v) is 20.8. The average molecular weight is 485 g/mol. The SMILES string of the molecule is CCn1nc(S(=O)(=O)N(Cc2ccc(OC)cc2)Cc2ccc(OC)cc2)cc1CN1CCC1. The van der Waals surface area contributed by atoms with Gasteiger partial charge in [-0.2, -0.15) is 9.40 Å². The fourth-order valence-electron chi connectivity index (χ4n) is 3.95. The van der Waals surface area contributed by atoms with Gasteiger partial charge in [0.15, 0.2) is 5.03 Å². The standard InChI is InChI=1S/C25H32N4O4S/c1-4-29-22(19-27-14-5-15-27)16-25(26-29)34(30,31)28(17-20-6-10-23(32-2)11-7-20)18-21-8-12-24(33-3)13-9-21/h6-13,16H,4-5,14-15,17-19H2,1-3H3. The van der Waals surface area contributed by atoms with Crippen molar-refractivity contribution in [3.8, 4) is 11.5 Å². The van der Waals surface area contributed by atoms with Crippen LogP contribution in [-0.2, 0) is 36.2 Å². The van der Waals surface area contributed by atoms with Crippen molar-refractivity contribution in [2.24, 2.45) is 0 Å². The van der Waals surface area contributed by atoms with Gasteiger partial charge in [-0.3, -0.25) is 9.58 Å². The van der Waals surface area contributed by atoms with Crippen molar-refractivity contribution >= 4 is 10.0 Å². The highest BCUT2D eigenvalue weighted by atomic mass is 32.2. The molecule has 0 aliphatic carbocycles. The largest absolute Gasteiger partial charge is 0.497 e. The van der Waals surface area contributed by atoms with Crippen LogP contribution in [0.1, 0.15) is 30.2 Å². The summed E-state index contributed by atoms with van der Waals surface area (Å²) < 4.78 is 41.4. The van der Waals surface area contributed by atoms with Crippen molar-refractivity contribution in [2.45, 2.75) is 44.5 Å². The maximum atomic E-state index is 13.8. The summed E-state index contributed by atoms with van der Waals surface area (Å²) in [5.41, 5.74) is 2.66. The zero-order valence-electron chi connectivity index (χ0n) is 20.0. The van der Waals surface area contributed by atoms with E-state index in [0.29, 0.717) is 13.1 Å². The number of nitrogens with zero attached hydrogens (tertiary/aromatic N) is 4. The molecule has 1 aliphatic rings. The van der Waals surface area contributed by atoms with Gasteiger partial charge in [0.1, 0.15) is 11.5 Å². The molecule has 1 aliphatic heterocycles. The molecule has 0 N–H and O–H groups in total. The van der Waals surface area contributed by atoms with Crippen molar-refractivity contribution in [3.05, 3.63) is 71.4 Å². The van der Waals surface area contributed by atoms with Crippen molar-refractivity contribution < 1.29 is 17.9 Å². The van der Waals surface area contributed by atoms with Crippen LogP contribution in [0.15, 0.2) is 59.6 Å². The molecule has 0 unspecified atom stereocenters. The summed E-state index contributed by atoms with van der Waals surface area (Å²) in [6, 6.07) is 16.6. The van der Waals surface area contributed by atoms with Gasteiger partial charge in [0, 0.05) is 32.2 Å². The van der Waals surface area contributed by atoms with Gasteiger partial charge in [-0.05, 0) is 61.8 Å². The number of ether oxygens (including phenoxy) is 2. The quantitative estimate of drug-likeness (QED) is 0.415. The molecule has 0 spiro atoms. The molecule has 34 heavy (non-hydrogen) atoms. The minimum atomic E-state index is -3.84. The molecule has 0 radical (unpaired) electrons. The molecule has 8 nitrogen and oxygen atoms in total. The number of hydrogen-bond acceptors (Lipinski definition) is 6. The molecular weight excluding hydrogens is 452 g/mol. The Bertz CT molecular complexity index is 1140. The normalized spacial score (nSPS) is 14.2. The molecule has 2 aromatic carbocycles. The summed E-state index contributed by atoms with van der Waals surface area (Å²) in [5, 5.41) is 4.58. The molecular formula is C25H32N4O4S. The van der Waals surface area contributed by atoms with E-state index in [4.69, 9.17) is 9.47 Å². The molecule has 0 amide bonds. The lowest BCUT2D eigenvalue weighted by Crippen LogP contribution is -2.36. The van der Waals surface area contributed by atoms with Crippen LogP contribution in [0.4, 0.5) is 0 Å². The molecule has 2 heterocycles. The number of rotatable bonds is 11. The first-order chi connectivity index (χ1) is 16.4. The molecule has 1 fully saturated rings. The van der Waals surface area contributed by atoms with Crippen LogP contribution in [0.2, 0.25) is 0 Å². The number of benzene rings is 2. The number of methoxy groups -OCH3 is 2. The lowest BCUT2D eigenvalue weighted by atomic mass is 10.2. The van der Waals surface area contributed by atoms with Gasteiger partial charge in [0.2, 0.25) is 0 Å². The topological polar surface area (TPSA) is 76.9 Å². The Morgan fingerprint density at radius 2 is 1.44 bits per heavy atom. The lowest BCUT2D eigenvalue weighted by molar-refractivity contribution is 0.167. The van der Waals surface area contributed by atoms with Gasteiger partial charge in [-0.15, -0.1) is 0 Å². The van der Waals surface area contributed by atoms with Gasteiger partial charge < -0.3 is 9.47 Å². The summed E-state index contributed by atoms with van der Waals surface area (Å²) in [6.07, 6.45) is 1.18. The fourth-order valence-corrected chi connectivity index (χ4v) is 5.34. The van der Waals surface area contributed by atoms with E-state index in [1.54, 1.807) is 25.0 Å². The predicted octanol–water partition coefficient (Wildman–Crippen LogP) is 3.52. The summed E-state index contributed by atoms with van der Waals surface area (Å²) >= 11 is 0. The van der Waals surface area contributed by atoms with Gasteiger partial charge in [0.05, 0.1) is 19.9 Å². The first-order valence-corrected chi connectivity index (χ1v) is 12.9. The van der Waals surface area contributed by atoms with Crippen molar-refractivity contribution in [3.63, 3.8) is 0 Å². The number of aromatic nitrogens is 2. The third-order valence-electron chi connectivity index (χ3n) is 6.11. The van der Waals surface area contributed by atoms with E-state index in [-0.39, 0.29) is 18.1 Å². The molecule has 0 bridgehead atoms. The Balaban J connectivity index is 1.65. The second kappa shape index (κ2) is 10.6. The second-order valence-electron chi connectivity index (χ2n) is 8.39. The fraction of sp³-hybridized carbons (Fsp3) is 0.400. The number of aryl methyl sites for hydroxylation is 1. The van der Waals surface area contributed by atoms with E-state index in [0.717, 1.165) is 41.4 Å². The predicted molar refractivity (Wildman–Crippen MR) is 130 cm³/mol. The van der Waals surface area contributed by atoms with Gasteiger partial charge in [-0.25, -0.2) is 8.42 Å². The van der Waals surface area contributed by atoms with E-state index in [1.165, 1.54) is 10.7 Å². The highest BCUT2D eigenvalue weighted by Crippen LogP contribution is 2.24. The maximum Gasteiger partial charge on any atom is 0.263 e. The van der Waals surface area contributed by atoms with E-state index in [1.807, 2.05) is 55.5 Å². The van der Waals surface area contributed by atoms with E-state index in [9.17, 15) is 8.42 Å². The van der Waals surface area contributed by atoms with Crippen molar-refractivity contribution in [1.82, 2.24) is 19.0 Å². The minimum absolute atomic E-state index is 0.0897. The molecule has 1 aromatic heterocycles. The first-order valence-electron chi connectivity index (χ1n) is 11.5. The first kappa shape index (κ1) is 24.3. The molecule has 4 rings (SSSR count). The van der Waals surface area contributed by atoms with Gasteiger partial charge in [-0.1, -0.05) is 24.3 Å². The van der Waals surface area contributed by atoms with E-state index in [2.05, 4.69) is 10.00 Å². The third kappa shape index (κ3) is 5.43. The van der Waals surface area contributed by atoms with Crippen LogP contribution in [0.25, 0.3) is 0 Å². The highest BCUT2D eigenvalue weighted by molar-refractivity contribution is 7.89. The Morgan fingerprint density at radius 1 is 0.912 bits per heavy atom. The Hall–Kier alpha value is -2.88. The molecule has 9 heteroatoms. The Morgan fingerprint density at radius 3 is 1.85 bits per heavy atom. The second-order valence-corrected chi connectivity index (χ2v) is 10.3. The molecule has 182 valence electrons. The molecule has 0 atom stereocenters. The lowest BCUT2D eigenvalue weighted by Gasteiger charge is -2.30. The Labute approximate surface area is 201 Å². The van der Waals surface area contributed by atoms with E-state index < -0.39 is 10.0 Å². The van der Waals surface area contributed by atoms with Crippen LogP contribution < -0.4 is 9.47 Å². The van der Waals surface area contributed by atoms with Gasteiger partial charge in [0.25, 0.3) is 10.0 Å². The molecule has 0 saturated carbocycles. The summed E-state index contributed by atoms with van der Waals surface area (Å²) in [5.74, 6) is 1.45. The number of hydrogen-bond donors (Lipinski definition) is 0. The monoisotopic (exact) mass is 484 g/mol. The molecule has 3 aromatic rings. The van der Waals surface area contributed by atoms with Gasteiger partial charge >= 0.3 is 0 Å². The Kier molecular flexibility index (Phi) is 7.55. The van der Waals surface area contributed by atoms with Crippen LogP contribution in [0, 0.1) is 0 Å². The number of likely N-dealkylation sites (tertiary alicyclic amines) is 1. The smallest absolute Gasteiger partial charge is 0.263 e. The highest BCUT2D eigenvalue weighted by Gasteiger charge is 2.29. The third-order valence-corrected chi connectivity index (χ3v) is 7.78. The van der Waals surface area contributed by atoms with Crippen LogP contribution >= 0.6 is 0 Å². The molecule has 1 saturated heterocycles. The average Bonchev–Trinajstić information content (AvgIpc) is 3.26. The van der Waals surface area contributed by atoms with Crippen molar-refractivity contribution in [1.29, 1.82) is 0 Å². The van der Waals surface area contributed by atoms with Crippen LogP contribution in [0.5, 0.6) is 11.5 Å². The van der Waals surface area contributed by atoms with Crippen LogP contribution in [-0.4, -0.2) is 54.7 Å². The summed E-state index contributed by atoms with van der Waals surface area (Å²) in [7, 11) is -0.628. The van der Waals surface area contributed by atoms with E-state index >= 15 is 0 Å². The van der Waals surface area contributed by atoms with Crippen LogP contribution in [0.3, 0.4) is 0 Å². The minimum Gasteiger partial charge on any atom is -0.497 e. The summed E-state index contributed by atoms with van der Waals surface area (Å²) in [4.78, 5) is 2.30. The zero-order chi connectivity index (χ0) is 24.1. The maximum absolute atomic E-state index is 13.8. The van der Waals surface area contributed by atoms with Crippen molar-refractivity contribution in [2.75, 3.05) is 27.3 Å². The number of sulfonamides is 1.